The fourth-order valence-electron chi connectivity index (χ4n) is 2.65. The average molecular weight is 283 g/mol. The van der Waals surface area contributed by atoms with Crippen LogP contribution < -0.4 is 0 Å². The zero-order chi connectivity index (χ0) is 11.0. The van der Waals surface area contributed by atoms with Crippen molar-refractivity contribution >= 4 is 15.9 Å². The van der Waals surface area contributed by atoms with Crippen molar-refractivity contribution in [1.82, 2.24) is 0 Å². The molecule has 0 bridgehead atoms. The molecule has 3 rings (SSSR count). The molecule has 1 unspecified atom stereocenters. The van der Waals surface area contributed by atoms with Crippen LogP contribution >= 0.6 is 15.9 Å². The first-order valence-corrected chi connectivity index (χ1v) is 6.86. The van der Waals surface area contributed by atoms with Gasteiger partial charge in [-0.25, -0.2) is 0 Å². The molecule has 2 aliphatic heterocycles. The minimum absolute atomic E-state index is 0.147. The van der Waals surface area contributed by atoms with E-state index in [1.54, 1.807) is 0 Å². The quantitative estimate of drug-likeness (QED) is 0.737. The van der Waals surface area contributed by atoms with Crippen LogP contribution in [-0.2, 0) is 27.0 Å². The Morgan fingerprint density at radius 2 is 2.31 bits per heavy atom. The van der Waals surface area contributed by atoms with E-state index in [2.05, 4.69) is 34.1 Å². The lowest BCUT2D eigenvalue weighted by molar-refractivity contribution is -0.126. The zero-order valence-electron chi connectivity index (χ0n) is 9.17. The second-order valence-corrected chi connectivity index (χ2v) is 5.12. The summed E-state index contributed by atoms with van der Waals surface area (Å²) in [6.07, 6.45) is 2.18. The molecule has 1 spiro atoms. The maximum atomic E-state index is 6.01. The van der Waals surface area contributed by atoms with E-state index in [4.69, 9.17) is 9.47 Å². The number of benzene rings is 1. The molecule has 3 heteroatoms. The lowest BCUT2D eigenvalue weighted by Gasteiger charge is -2.33. The number of alkyl halides is 1. The van der Waals surface area contributed by atoms with Gasteiger partial charge in [-0.1, -0.05) is 34.1 Å². The third kappa shape index (κ3) is 1.62. The maximum absolute atomic E-state index is 6.01. The Balaban J connectivity index is 2.02. The molecule has 1 saturated heterocycles. The van der Waals surface area contributed by atoms with Crippen molar-refractivity contribution in [2.75, 3.05) is 13.2 Å². The van der Waals surface area contributed by atoms with Crippen molar-refractivity contribution in [2.24, 2.45) is 0 Å². The first-order valence-electron chi connectivity index (χ1n) is 5.74. The van der Waals surface area contributed by atoms with E-state index in [0.717, 1.165) is 31.4 Å². The lowest BCUT2D eigenvalue weighted by atomic mass is 9.87. The van der Waals surface area contributed by atoms with E-state index >= 15 is 0 Å². The monoisotopic (exact) mass is 282 g/mol. The molecule has 0 N–H and O–H groups in total. The van der Waals surface area contributed by atoms with E-state index in [1.807, 2.05) is 0 Å². The third-order valence-electron chi connectivity index (χ3n) is 3.53. The number of hydrogen-bond donors (Lipinski definition) is 0. The van der Waals surface area contributed by atoms with Crippen molar-refractivity contribution in [2.45, 2.75) is 30.4 Å². The van der Waals surface area contributed by atoms with Crippen molar-refractivity contribution < 1.29 is 9.47 Å². The molecule has 0 aliphatic carbocycles. The summed E-state index contributed by atoms with van der Waals surface area (Å²) >= 11 is 3.51. The van der Waals surface area contributed by atoms with Gasteiger partial charge in [-0.15, -0.1) is 0 Å². The molecule has 0 radical (unpaired) electrons. The Morgan fingerprint density at radius 3 is 3.06 bits per heavy atom. The average Bonchev–Trinajstić information content (AvgIpc) is 2.69. The van der Waals surface area contributed by atoms with E-state index in [1.165, 1.54) is 16.7 Å². The number of fused-ring (bicyclic) bond motifs is 2. The molecular formula is C13H15BrO2. The molecule has 2 heterocycles. The highest BCUT2D eigenvalue weighted by Crippen LogP contribution is 2.42. The highest BCUT2D eigenvalue weighted by Gasteiger charge is 2.41. The van der Waals surface area contributed by atoms with Crippen LogP contribution in [0.2, 0.25) is 0 Å². The molecule has 2 nitrogen and oxygen atoms in total. The van der Waals surface area contributed by atoms with Gasteiger partial charge in [0, 0.05) is 11.9 Å². The Hall–Kier alpha value is -0.380. The second-order valence-electron chi connectivity index (χ2n) is 4.56. The van der Waals surface area contributed by atoms with E-state index in [9.17, 15) is 0 Å². The zero-order valence-corrected chi connectivity index (χ0v) is 10.8. The predicted octanol–water partition coefficient (Wildman–Crippen LogP) is 3.12. The molecule has 0 saturated carbocycles. The molecule has 86 valence electrons. The van der Waals surface area contributed by atoms with Gasteiger partial charge in [0.2, 0.25) is 0 Å². The van der Waals surface area contributed by atoms with E-state index in [0.29, 0.717) is 6.61 Å². The molecule has 2 aliphatic rings. The fourth-order valence-corrected chi connectivity index (χ4v) is 2.99. The summed E-state index contributed by atoms with van der Waals surface area (Å²) in [7, 11) is 0. The fraction of sp³-hybridized carbons (Fsp3) is 0.538. The summed E-state index contributed by atoms with van der Waals surface area (Å²) in [6, 6.07) is 6.63. The topological polar surface area (TPSA) is 18.5 Å². The molecule has 1 aromatic carbocycles. The van der Waals surface area contributed by atoms with Crippen LogP contribution in [0.1, 0.15) is 29.5 Å². The molecule has 1 atom stereocenters. The van der Waals surface area contributed by atoms with Crippen molar-refractivity contribution in [3.63, 3.8) is 0 Å². The summed E-state index contributed by atoms with van der Waals surface area (Å²) in [4.78, 5) is 0. The molecule has 1 fully saturated rings. The lowest BCUT2D eigenvalue weighted by Crippen LogP contribution is -2.35. The van der Waals surface area contributed by atoms with Gasteiger partial charge in [-0.05, 0) is 29.5 Å². The van der Waals surface area contributed by atoms with Crippen LogP contribution in [0.5, 0.6) is 0 Å². The molecule has 1 aromatic rings. The summed E-state index contributed by atoms with van der Waals surface area (Å²) < 4.78 is 11.6. The SMILES string of the molecule is BrCc1ccc2c(c1)C1(CCCOC1)OC2. The standard InChI is InChI=1S/C13H15BrO2/c14-7-10-2-3-11-8-16-13(12(11)6-10)4-1-5-15-9-13/h2-3,6H,1,4-5,7-9H2. The van der Waals surface area contributed by atoms with Gasteiger partial charge in [0.05, 0.1) is 13.2 Å². The van der Waals surface area contributed by atoms with Crippen LogP contribution in [0, 0.1) is 0 Å². The van der Waals surface area contributed by atoms with Crippen molar-refractivity contribution in [3.8, 4) is 0 Å². The van der Waals surface area contributed by atoms with Gasteiger partial charge in [0.15, 0.2) is 0 Å². The Kier molecular flexibility index (Phi) is 2.78. The molecule has 16 heavy (non-hydrogen) atoms. The van der Waals surface area contributed by atoms with Crippen LogP contribution in [0.3, 0.4) is 0 Å². The highest BCUT2D eigenvalue weighted by atomic mass is 79.9. The van der Waals surface area contributed by atoms with Crippen molar-refractivity contribution in [1.29, 1.82) is 0 Å². The third-order valence-corrected chi connectivity index (χ3v) is 4.18. The number of halogens is 1. The number of hydrogen-bond acceptors (Lipinski definition) is 2. The summed E-state index contributed by atoms with van der Waals surface area (Å²) in [5, 5.41) is 0.900. The summed E-state index contributed by atoms with van der Waals surface area (Å²) in [6.45, 7) is 2.32. The van der Waals surface area contributed by atoms with Gasteiger partial charge in [0.1, 0.15) is 5.60 Å². The maximum Gasteiger partial charge on any atom is 0.117 e. The Bertz CT molecular complexity index is 391. The number of rotatable bonds is 1. The minimum Gasteiger partial charge on any atom is -0.378 e. The van der Waals surface area contributed by atoms with Gasteiger partial charge in [-0.2, -0.15) is 0 Å². The van der Waals surface area contributed by atoms with Crippen LogP contribution in [0.15, 0.2) is 18.2 Å². The van der Waals surface area contributed by atoms with Crippen LogP contribution in [-0.4, -0.2) is 13.2 Å². The largest absolute Gasteiger partial charge is 0.378 e. The van der Waals surface area contributed by atoms with Gasteiger partial charge in [0.25, 0.3) is 0 Å². The normalized spacial score (nSPS) is 28.3. The molecular weight excluding hydrogens is 268 g/mol. The summed E-state index contributed by atoms with van der Waals surface area (Å²) in [5.74, 6) is 0. The first-order chi connectivity index (χ1) is 7.84. The number of ether oxygens (including phenoxy) is 2. The van der Waals surface area contributed by atoms with Crippen LogP contribution in [0.25, 0.3) is 0 Å². The van der Waals surface area contributed by atoms with E-state index in [-0.39, 0.29) is 5.60 Å². The van der Waals surface area contributed by atoms with Crippen molar-refractivity contribution in [3.05, 3.63) is 34.9 Å². The first kappa shape index (κ1) is 10.8. The predicted molar refractivity (Wildman–Crippen MR) is 65.6 cm³/mol. The molecule has 0 aromatic heterocycles. The van der Waals surface area contributed by atoms with Crippen LogP contribution in [0.4, 0.5) is 0 Å². The molecule has 0 amide bonds. The van der Waals surface area contributed by atoms with Gasteiger partial charge < -0.3 is 9.47 Å². The smallest absolute Gasteiger partial charge is 0.117 e. The van der Waals surface area contributed by atoms with Gasteiger partial charge >= 0.3 is 0 Å². The van der Waals surface area contributed by atoms with E-state index < -0.39 is 0 Å². The highest BCUT2D eigenvalue weighted by molar-refractivity contribution is 9.08. The Morgan fingerprint density at radius 1 is 1.38 bits per heavy atom. The summed E-state index contributed by atoms with van der Waals surface area (Å²) in [5.41, 5.74) is 3.85. The second kappa shape index (κ2) is 4.13. The minimum atomic E-state index is -0.147. The Labute approximate surface area is 104 Å². The van der Waals surface area contributed by atoms with Gasteiger partial charge in [-0.3, -0.25) is 0 Å².